The van der Waals surface area contributed by atoms with Crippen molar-refractivity contribution in [1.29, 1.82) is 0 Å². The number of aromatic nitrogens is 2. The molecule has 4 N–H and O–H groups in total. The minimum absolute atomic E-state index is 0.283. The van der Waals surface area contributed by atoms with Crippen LogP contribution in [0.1, 0.15) is 11.8 Å². The molecule has 0 unspecified atom stereocenters. The van der Waals surface area contributed by atoms with Gasteiger partial charge in [-0.1, -0.05) is 25.1 Å². The van der Waals surface area contributed by atoms with E-state index in [-0.39, 0.29) is 6.03 Å². The first-order valence-corrected chi connectivity index (χ1v) is 11.5. The number of carbonyl (C=O) groups excluding carboxylic acids is 1. The van der Waals surface area contributed by atoms with Crippen LogP contribution in [0.15, 0.2) is 59.8 Å². The lowest BCUT2D eigenvalue weighted by atomic mass is 10.0. The van der Waals surface area contributed by atoms with E-state index in [1.807, 2.05) is 54.8 Å². The molecule has 4 aromatic rings. The van der Waals surface area contributed by atoms with E-state index in [2.05, 4.69) is 27.5 Å². The molecule has 8 heteroatoms. The summed E-state index contributed by atoms with van der Waals surface area (Å²) >= 11 is 3.27. The number of fused-ring (bicyclic) bond motifs is 1. The molecule has 2 aromatic carbocycles. The van der Waals surface area contributed by atoms with Crippen LogP contribution >= 0.6 is 23.1 Å². The molecule has 0 saturated heterocycles. The standard InChI is InChI=1S/C22H21N5OS2/c1-3-17-18(19-20(23)24-12-25-21(19)30-17)13-7-9-14(10-8-13)26-22(28)27-15-5-4-6-16(11-15)29-2/h4-12H,3H2,1-2H3,(H2,23,24,25)(H2,26,27,28). The predicted octanol–water partition coefficient (Wildman–Crippen LogP) is 5.87. The highest BCUT2D eigenvalue weighted by Crippen LogP contribution is 2.40. The number of rotatable bonds is 5. The molecule has 0 aliphatic carbocycles. The first-order valence-electron chi connectivity index (χ1n) is 9.43. The van der Waals surface area contributed by atoms with E-state index >= 15 is 0 Å². The number of amides is 2. The maximum Gasteiger partial charge on any atom is 0.323 e. The van der Waals surface area contributed by atoms with E-state index < -0.39 is 0 Å². The lowest BCUT2D eigenvalue weighted by molar-refractivity contribution is 0.262. The van der Waals surface area contributed by atoms with Gasteiger partial charge in [0.2, 0.25) is 0 Å². The summed E-state index contributed by atoms with van der Waals surface area (Å²) in [5.41, 5.74) is 9.70. The molecule has 30 heavy (non-hydrogen) atoms. The molecular formula is C22H21N5OS2. The number of aryl methyl sites for hydroxylation is 1. The summed E-state index contributed by atoms with van der Waals surface area (Å²) in [5.74, 6) is 0.486. The summed E-state index contributed by atoms with van der Waals surface area (Å²) < 4.78 is 0. The van der Waals surface area contributed by atoms with Crippen molar-refractivity contribution in [3.8, 4) is 11.1 Å². The number of nitrogen functional groups attached to an aromatic ring is 1. The van der Waals surface area contributed by atoms with Crippen molar-refractivity contribution in [2.75, 3.05) is 22.6 Å². The smallest absolute Gasteiger partial charge is 0.323 e. The van der Waals surface area contributed by atoms with Crippen LogP contribution in [0, 0.1) is 0 Å². The number of thioether (sulfide) groups is 1. The van der Waals surface area contributed by atoms with Crippen molar-refractivity contribution in [3.05, 3.63) is 59.7 Å². The largest absolute Gasteiger partial charge is 0.383 e. The van der Waals surface area contributed by atoms with Gasteiger partial charge in [-0.05, 0) is 48.6 Å². The Morgan fingerprint density at radius 3 is 2.60 bits per heavy atom. The Bertz CT molecular complexity index is 1200. The summed E-state index contributed by atoms with van der Waals surface area (Å²) in [6.45, 7) is 2.12. The zero-order valence-corrected chi connectivity index (χ0v) is 18.2. The second kappa shape index (κ2) is 8.73. The minimum atomic E-state index is -0.283. The Balaban J connectivity index is 1.55. The topological polar surface area (TPSA) is 92.9 Å². The number of benzene rings is 2. The number of nitrogens with one attached hydrogen (secondary N) is 2. The van der Waals surface area contributed by atoms with Gasteiger partial charge in [0.15, 0.2) is 0 Å². The average molecular weight is 436 g/mol. The fourth-order valence-electron chi connectivity index (χ4n) is 3.27. The average Bonchev–Trinajstić information content (AvgIpc) is 3.14. The van der Waals surface area contributed by atoms with Crippen molar-refractivity contribution in [2.45, 2.75) is 18.2 Å². The highest BCUT2D eigenvalue weighted by molar-refractivity contribution is 7.98. The Morgan fingerprint density at radius 2 is 1.87 bits per heavy atom. The second-order valence-electron chi connectivity index (χ2n) is 6.58. The number of thiophene rings is 1. The van der Waals surface area contributed by atoms with E-state index in [0.29, 0.717) is 11.5 Å². The number of anilines is 3. The molecule has 0 bridgehead atoms. The van der Waals surface area contributed by atoms with Gasteiger partial charge in [0, 0.05) is 26.7 Å². The molecule has 0 aliphatic heterocycles. The molecule has 0 radical (unpaired) electrons. The molecule has 152 valence electrons. The van der Waals surface area contributed by atoms with Crippen LogP contribution in [-0.4, -0.2) is 22.3 Å². The predicted molar refractivity (Wildman–Crippen MR) is 128 cm³/mol. The maximum absolute atomic E-state index is 12.4. The fraction of sp³-hybridized carbons (Fsp3) is 0.136. The first-order chi connectivity index (χ1) is 14.6. The van der Waals surface area contributed by atoms with Gasteiger partial charge in [-0.15, -0.1) is 23.1 Å². The number of carbonyl (C=O) groups is 1. The van der Waals surface area contributed by atoms with Crippen molar-refractivity contribution < 1.29 is 4.79 Å². The zero-order valence-electron chi connectivity index (χ0n) is 16.6. The quantitative estimate of drug-likeness (QED) is 0.341. The van der Waals surface area contributed by atoms with E-state index in [0.717, 1.165) is 38.3 Å². The third kappa shape index (κ3) is 4.10. The Morgan fingerprint density at radius 1 is 1.10 bits per heavy atom. The molecule has 2 amide bonds. The number of nitrogens with two attached hydrogens (primary N) is 1. The van der Waals surface area contributed by atoms with Gasteiger partial charge in [0.05, 0.1) is 5.39 Å². The van der Waals surface area contributed by atoms with Crippen molar-refractivity contribution >= 4 is 56.5 Å². The molecule has 0 fully saturated rings. The van der Waals surface area contributed by atoms with Crippen LogP contribution in [0.3, 0.4) is 0 Å². The second-order valence-corrected chi connectivity index (χ2v) is 8.54. The molecule has 0 atom stereocenters. The first kappa shape index (κ1) is 20.2. The Kier molecular flexibility index (Phi) is 5.87. The van der Waals surface area contributed by atoms with E-state index in [9.17, 15) is 4.79 Å². The van der Waals surface area contributed by atoms with Crippen LogP contribution in [0.25, 0.3) is 21.3 Å². The third-order valence-corrected chi connectivity index (χ3v) is 6.64. The van der Waals surface area contributed by atoms with E-state index in [1.165, 1.54) is 11.2 Å². The SMILES string of the molecule is CCc1sc2ncnc(N)c2c1-c1ccc(NC(=O)Nc2cccc(SC)c2)cc1. The van der Waals surface area contributed by atoms with Gasteiger partial charge < -0.3 is 16.4 Å². The number of hydrogen-bond acceptors (Lipinski definition) is 6. The molecule has 0 spiro atoms. The van der Waals surface area contributed by atoms with Crippen molar-refractivity contribution in [2.24, 2.45) is 0 Å². The Labute approximate surface area is 182 Å². The normalized spacial score (nSPS) is 10.9. The highest BCUT2D eigenvalue weighted by Gasteiger charge is 2.17. The fourth-order valence-corrected chi connectivity index (χ4v) is 4.84. The van der Waals surface area contributed by atoms with Crippen molar-refractivity contribution in [3.63, 3.8) is 0 Å². The molecule has 0 aliphatic rings. The van der Waals surface area contributed by atoms with Gasteiger partial charge in [0.1, 0.15) is 17.0 Å². The lowest BCUT2D eigenvalue weighted by Crippen LogP contribution is -2.19. The highest BCUT2D eigenvalue weighted by atomic mass is 32.2. The molecule has 2 heterocycles. The van der Waals surface area contributed by atoms with Crippen LogP contribution in [0.2, 0.25) is 0 Å². The van der Waals surface area contributed by atoms with Crippen LogP contribution in [0.5, 0.6) is 0 Å². The lowest BCUT2D eigenvalue weighted by Gasteiger charge is -2.10. The number of hydrogen-bond donors (Lipinski definition) is 3. The van der Waals surface area contributed by atoms with Crippen LogP contribution in [-0.2, 0) is 6.42 Å². The van der Waals surface area contributed by atoms with Gasteiger partial charge in [-0.3, -0.25) is 0 Å². The molecular weight excluding hydrogens is 414 g/mol. The van der Waals surface area contributed by atoms with Gasteiger partial charge in [-0.25, -0.2) is 14.8 Å². The summed E-state index contributed by atoms with van der Waals surface area (Å²) in [6.07, 6.45) is 4.38. The number of nitrogens with zero attached hydrogens (tertiary/aromatic N) is 2. The van der Waals surface area contributed by atoms with Crippen molar-refractivity contribution in [1.82, 2.24) is 9.97 Å². The van der Waals surface area contributed by atoms with Crippen LogP contribution in [0.4, 0.5) is 22.0 Å². The van der Waals surface area contributed by atoms with Crippen LogP contribution < -0.4 is 16.4 Å². The van der Waals surface area contributed by atoms with Gasteiger partial charge in [0.25, 0.3) is 0 Å². The summed E-state index contributed by atoms with van der Waals surface area (Å²) in [4.78, 5) is 24.1. The third-order valence-electron chi connectivity index (χ3n) is 4.67. The summed E-state index contributed by atoms with van der Waals surface area (Å²) in [6, 6.07) is 15.2. The zero-order chi connectivity index (χ0) is 21.1. The number of urea groups is 1. The summed E-state index contributed by atoms with van der Waals surface area (Å²) in [7, 11) is 0. The van der Waals surface area contributed by atoms with E-state index in [1.54, 1.807) is 23.1 Å². The molecule has 2 aromatic heterocycles. The Hall–Kier alpha value is -3.10. The van der Waals surface area contributed by atoms with Gasteiger partial charge >= 0.3 is 6.03 Å². The minimum Gasteiger partial charge on any atom is -0.383 e. The molecule has 4 rings (SSSR count). The molecule has 6 nitrogen and oxygen atoms in total. The van der Waals surface area contributed by atoms with E-state index in [4.69, 9.17) is 5.73 Å². The summed E-state index contributed by atoms with van der Waals surface area (Å²) in [5, 5.41) is 6.63. The monoisotopic (exact) mass is 435 g/mol. The maximum atomic E-state index is 12.4. The van der Waals surface area contributed by atoms with Gasteiger partial charge in [-0.2, -0.15) is 0 Å². The molecule has 0 saturated carbocycles.